The highest BCUT2D eigenvalue weighted by atomic mass is 16.5. The standard InChI is InChI=1S/C30H34N2O4/c1-17(33)35-27-14-24-29-21(13-23-25(34)10-18(15-31-3)11-26(23)36-29)6-8-30(24,2)28(27)20-4-5-22-16-32-9-7-19(22)12-20/h4-5,7,9,12-13,16,18,24,27-29,31H,6,8,10-11,14-15H2,1-3H3/t18?,24-,27+,28-,29+,30-/m0/s1. The molecule has 4 aliphatic rings. The van der Waals surface area contributed by atoms with E-state index in [0.717, 1.165) is 54.3 Å². The lowest BCUT2D eigenvalue weighted by molar-refractivity contribution is -0.147. The molecule has 0 amide bonds. The Balaban J connectivity index is 1.36. The first kappa shape index (κ1) is 23.4. The Labute approximate surface area is 212 Å². The van der Waals surface area contributed by atoms with E-state index in [2.05, 4.69) is 41.5 Å². The lowest BCUT2D eigenvalue weighted by atomic mass is 9.61. The van der Waals surface area contributed by atoms with Gasteiger partial charge in [-0.1, -0.05) is 25.1 Å². The summed E-state index contributed by atoms with van der Waals surface area (Å²) >= 11 is 0. The maximum atomic E-state index is 12.9. The third-order valence-corrected chi connectivity index (χ3v) is 9.08. The summed E-state index contributed by atoms with van der Waals surface area (Å²) in [4.78, 5) is 29.4. The minimum absolute atomic E-state index is 0.0728. The Morgan fingerprint density at radius 1 is 1.25 bits per heavy atom. The number of hydrogen-bond acceptors (Lipinski definition) is 6. The number of allylic oxidation sites excluding steroid dienone is 3. The SMILES string of the molecule is CNCC1CC(=O)C2=C(C1)O[C@@H]1C(=C2)CC[C@@]2(C)[C@H]1C[C@@H](OC(C)=O)[C@@H]2c1ccc2cnccc2c1. The number of pyridine rings is 1. The second-order valence-electron chi connectivity index (χ2n) is 11.3. The molecule has 6 rings (SSSR count). The van der Waals surface area contributed by atoms with Gasteiger partial charge in [-0.25, -0.2) is 0 Å². The zero-order chi connectivity index (χ0) is 25.0. The molecule has 0 saturated heterocycles. The van der Waals surface area contributed by atoms with E-state index < -0.39 is 0 Å². The van der Waals surface area contributed by atoms with Gasteiger partial charge in [-0.3, -0.25) is 14.6 Å². The molecular weight excluding hydrogens is 452 g/mol. The molecule has 0 spiro atoms. The maximum absolute atomic E-state index is 12.9. The van der Waals surface area contributed by atoms with E-state index >= 15 is 0 Å². The summed E-state index contributed by atoms with van der Waals surface area (Å²) in [5.41, 5.74) is 3.12. The molecule has 6 atom stereocenters. The summed E-state index contributed by atoms with van der Waals surface area (Å²) in [6, 6.07) is 8.57. The molecule has 2 fully saturated rings. The summed E-state index contributed by atoms with van der Waals surface area (Å²) in [5.74, 6) is 1.36. The number of esters is 1. The number of benzene rings is 1. The van der Waals surface area contributed by atoms with E-state index in [1.807, 2.05) is 25.5 Å². The lowest BCUT2D eigenvalue weighted by Crippen LogP contribution is -2.44. The van der Waals surface area contributed by atoms with Gasteiger partial charge in [0.05, 0.1) is 5.57 Å². The number of fused-ring (bicyclic) bond motifs is 4. The second-order valence-corrected chi connectivity index (χ2v) is 11.3. The third-order valence-electron chi connectivity index (χ3n) is 9.08. The highest BCUT2D eigenvalue weighted by Crippen LogP contribution is 2.62. The molecule has 6 nitrogen and oxygen atoms in total. The van der Waals surface area contributed by atoms with E-state index in [1.54, 1.807) is 0 Å². The van der Waals surface area contributed by atoms with E-state index in [0.29, 0.717) is 6.42 Å². The Hall–Kier alpha value is -2.99. The van der Waals surface area contributed by atoms with Crippen LogP contribution >= 0.6 is 0 Å². The predicted molar refractivity (Wildman–Crippen MR) is 137 cm³/mol. The summed E-state index contributed by atoms with van der Waals surface area (Å²) in [6.45, 7) is 4.66. The minimum atomic E-state index is -0.240. The average molecular weight is 487 g/mol. The van der Waals surface area contributed by atoms with Crippen LogP contribution in [0.25, 0.3) is 10.8 Å². The Morgan fingerprint density at radius 3 is 2.92 bits per heavy atom. The number of hydrogen-bond donors (Lipinski definition) is 1. The Bertz CT molecular complexity index is 1300. The van der Waals surface area contributed by atoms with Crippen molar-refractivity contribution in [3.63, 3.8) is 0 Å². The van der Waals surface area contributed by atoms with Crippen molar-refractivity contribution in [3.8, 4) is 0 Å². The third kappa shape index (κ3) is 3.78. The molecular formula is C30H34N2O4. The number of nitrogens with one attached hydrogen (secondary N) is 1. The topological polar surface area (TPSA) is 77.5 Å². The van der Waals surface area contributed by atoms with Crippen LogP contribution in [0.15, 0.2) is 59.6 Å². The van der Waals surface area contributed by atoms with E-state index in [9.17, 15) is 9.59 Å². The predicted octanol–water partition coefficient (Wildman–Crippen LogP) is 4.85. The van der Waals surface area contributed by atoms with Crippen LogP contribution in [0.3, 0.4) is 0 Å². The van der Waals surface area contributed by atoms with Crippen molar-refractivity contribution in [2.45, 2.75) is 64.1 Å². The summed E-state index contributed by atoms with van der Waals surface area (Å²) in [5, 5.41) is 5.46. The van der Waals surface area contributed by atoms with E-state index in [-0.39, 0.29) is 47.1 Å². The molecule has 2 heterocycles. The van der Waals surface area contributed by atoms with Crippen molar-refractivity contribution in [3.05, 3.63) is 65.2 Å². The van der Waals surface area contributed by atoms with Crippen LogP contribution in [0, 0.1) is 17.3 Å². The molecule has 3 aliphatic carbocycles. The van der Waals surface area contributed by atoms with E-state index in [4.69, 9.17) is 9.47 Å². The van der Waals surface area contributed by atoms with Gasteiger partial charge in [-0.15, -0.1) is 0 Å². The molecule has 1 aromatic carbocycles. The van der Waals surface area contributed by atoms with Crippen molar-refractivity contribution in [2.75, 3.05) is 13.6 Å². The number of ketones is 1. The van der Waals surface area contributed by atoms with Crippen LogP contribution in [-0.2, 0) is 19.1 Å². The molecule has 188 valence electrons. The molecule has 36 heavy (non-hydrogen) atoms. The molecule has 1 N–H and O–H groups in total. The van der Waals surface area contributed by atoms with Gasteiger partial charge in [0.2, 0.25) is 0 Å². The molecule has 2 saturated carbocycles. The van der Waals surface area contributed by atoms with Crippen molar-refractivity contribution in [2.24, 2.45) is 17.3 Å². The lowest BCUT2D eigenvalue weighted by Gasteiger charge is -2.48. The van der Waals surface area contributed by atoms with Crippen LogP contribution in [0.4, 0.5) is 0 Å². The highest BCUT2D eigenvalue weighted by Gasteiger charge is 2.60. The fourth-order valence-corrected chi connectivity index (χ4v) is 7.48. The summed E-state index contributed by atoms with van der Waals surface area (Å²) in [7, 11) is 1.93. The zero-order valence-electron chi connectivity index (χ0n) is 21.3. The molecule has 0 radical (unpaired) electrons. The first-order valence-electron chi connectivity index (χ1n) is 13.2. The highest BCUT2D eigenvalue weighted by molar-refractivity contribution is 6.00. The quantitative estimate of drug-likeness (QED) is 0.623. The molecule has 1 aliphatic heterocycles. The molecule has 1 aromatic heterocycles. The van der Waals surface area contributed by atoms with Gasteiger partial charge in [0.15, 0.2) is 5.78 Å². The van der Waals surface area contributed by atoms with Crippen molar-refractivity contribution < 1.29 is 19.1 Å². The normalized spacial score (nSPS) is 33.4. The fourth-order valence-electron chi connectivity index (χ4n) is 7.48. The summed E-state index contributed by atoms with van der Waals surface area (Å²) < 4.78 is 12.7. The van der Waals surface area contributed by atoms with Gasteiger partial charge >= 0.3 is 5.97 Å². The Morgan fingerprint density at radius 2 is 2.11 bits per heavy atom. The van der Waals surface area contributed by atoms with Gasteiger partial charge in [-0.2, -0.15) is 0 Å². The van der Waals surface area contributed by atoms with E-state index in [1.165, 1.54) is 18.1 Å². The van der Waals surface area contributed by atoms with Gasteiger partial charge in [0, 0.05) is 49.4 Å². The van der Waals surface area contributed by atoms with Crippen molar-refractivity contribution in [1.29, 1.82) is 0 Å². The number of aromatic nitrogens is 1. The fraction of sp³-hybridized carbons (Fsp3) is 0.500. The van der Waals surface area contributed by atoms with Gasteiger partial charge in [0.1, 0.15) is 18.0 Å². The largest absolute Gasteiger partial charge is 0.489 e. The van der Waals surface area contributed by atoms with Crippen LogP contribution < -0.4 is 5.32 Å². The second kappa shape index (κ2) is 8.84. The minimum Gasteiger partial charge on any atom is -0.489 e. The number of carbonyl (C=O) groups excluding carboxylic acids is 2. The van der Waals surface area contributed by atoms with Crippen LogP contribution in [-0.4, -0.2) is 42.5 Å². The molecule has 2 aromatic rings. The molecule has 1 unspecified atom stereocenters. The van der Waals surface area contributed by atoms with Crippen molar-refractivity contribution in [1.82, 2.24) is 10.3 Å². The smallest absolute Gasteiger partial charge is 0.302 e. The van der Waals surface area contributed by atoms with Gasteiger partial charge in [0.25, 0.3) is 0 Å². The first-order chi connectivity index (χ1) is 17.4. The number of ether oxygens (including phenoxy) is 2. The monoisotopic (exact) mass is 486 g/mol. The number of nitrogens with zero attached hydrogens (tertiary/aromatic N) is 1. The van der Waals surface area contributed by atoms with Crippen LogP contribution in [0.2, 0.25) is 0 Å². The molecule has 6 heteroatoms. The number of rotatable bonds is 4. The van der Waals surface area contributed by atoms with Gasteiger partial charge in [-0.05, 0) is 72.9 Å². The first-order valence-corrected chi connectivity index (χ1v) is 13.2. The maximum Gasteiger partial charge on any atom is 0.302 e. The van der Waals surface area contributed by atoms with Crippen molar-refractivity contribution >= 4 is 22.5 Å². The summed E-state index contributed by atoms with van der Waals surface area (Å²) in [6.07, 6.45) is 9.55. The molecule has 0 bridgehead atoms. The Kier molecular flexibility index (Phi) is 5.75. The zero-order valence-corrected chi connectivity index (χ0v) is 21.3. The van der Waals surface area contributed by atoms with Crippen LogP contribution in [0.5, 0.6) is 0 Å². The number of Topliss-reactive ketones (excluding diaryl/α,β-unsaturated/α-hetero) is 1. The van der Waals surface area contributed by atoms with Crippen LogP contribution in [0.1, 0.15) is 57.4 Å². The number of carbonyl (C=O) groups is 2. The average Bonchev–Trinajstić information content (AvgIpc) is 3.14. The van der Waals surface area contributed by atoms with Gasteiger partial charge < -0.3 is 14.8 Å².